The van der Waals surface area contributed by atoms with Crippen LogP contribution in [0.2, 0.25) is 0 Å². The van der Waals surface area contributed by atoms with Crippen molar-refractivity contribution in [3.63, 3.8) is 0 Å². The molecular formula is C19H18N2O2S. The first kappa shape index (κ1) is 15.1. The highest BCUT2D eigenvalue weighted by Crippen LogP contribution is 2.40. The van der Waals surface area contributed by atoms with Gasteiger partial charge in [-0.05, 0) is 36.1 Å². The summed E-state index contributed by atoms with van der Waals surface area (Å²) in [5.74, 6) is 0. The number of aryl methyl sites for hydroxylation is 3. The second-order valence-corrected chi connectivity index (χ2v) is 8.26. The van der Waals surface area contributed by atoms with Crippen molar-refractivity contribution in [2.45, 2.75) is 17.7 Å². The SMILES string of the molecule is Cn1nc2c(c1-c1ccc(S(C)(=O)=O)cc1)-c1ccccc1CC2. The summed E-state index contributed by atoms with van der Waals surface area (Å²) < 4.78 is 25.3. The van der Waals surface area contributed by atoms with Crippen molar-refractivity contribution in [2.24, 2.45) is 7.05 Å². The van der Waals surface area contributed by atoms with Gasteiger partial charge >= 0.3 is 0 Å². The molecule has 0 bridgehead atoms. The fourth-order valence-electron chi connectivity index (χ4n) is 3.46. The van der Waals surface area contributed by atoms with Crippen LogP contribution in [0.25, 0.3) is 22.4 Å². The minimum atomic E-state index is -3.19. The van der Waals surface area contributed by atoms with E-state index in [1.54, 1.807) is 12.1 Å². The lowest BCUT2D eigenvalue weighted by Gasteiger charge is -2.16. The average Bonchev–Trinajstić information content (AvgIpc) is 2.90. The maximum absolute atomic E-state index is 11.7. The summed E-state index contributed by atoms with van der Waals surface area (Å²) in [5, 5.41) is 4.70. The Balaban J connectivity index is 1.91. The molecule has 2 aromatic carbocycles. The molecule has 1 aliphatic rings. The topological polar surface area (TPSA) is 52.0 Å². The summed E-state index contributed by atoms with van der Waals surface area (Å²) in [6.07, 6.45) is 3.17. The van der Waals surface area contributed by atoms with Crippen molar-refractivity contribution < 1.29 is 8.42 Å². The van der Waals surface area contributed by atoms with Crippen LogP contribution in [0.3, 0.4) is 0 Å². The standard InChI is InChI=1S/C19H18N2O2S/c1-21-19(14-7-10-15(11-8-14)24(2,22)23)18-16-6-4-3-5-13(16)9-12-17(18)20-21/h3-8,10-11H,9,12H2,1-2H3. The van der Waals surface area contributed by atoms with Gasteiger partial charge in [-0.25, -0.2) is 8.42 Å². The minimum Gasteiger partial charge on any atom is -0.267 e. The normalized spacial score (nSPS) is 13.4. The number of benzene rings is 2. The third kappa shape index (κ3) is 2.36. The molecule has 0 unspecified atom stereocenters. The second-order valence-electron chi connectivity index (χ2n) is 6.25. The van der Waals surface area contributed by atoms with Gasteiger partial charge < -0.3 is 0 Å². The van der Waals surface area contributed by atoms with Gasteiger partial charge in [-0.1, -0.05) is 36.4 Å². The number of sulfone groups is 1. The molecule has 1 heterocycles. The summed E-state index contributed by atoms with van der Waals surface area (Å²) in [6, 6.07) is 15.5. The van der Waals surface area contributed by atoms with E-state index in [9.17, 15) is 8.42 Å². The Morgan fingerprint density at radius 1 is 1.00 bits per heavy atom. The van der Waals surface area contributed by atoms with Crippen LogP contribution < -0.4 is 0 Å². The Morgan fingerprint density at radius 3 is 2.42 bits per heavy atom. The minimum absolute atomic E-state index is 0.336. The molecule has 1 aliphatic carbocycles. The second kappa shape index (κ2) is 5.31. The zero-order chi connectivity index (χ0) is 16.9. The Labute approximate surface area is 141 Å². The zero-order valence-corrected chi connectivity index (χ0v) is 14.5. The van der Waals surface area contributed by atoms with E-state index in [0.717, 1.165) is 29.8 Å². The molecule has 3 aromatic rings. The highest BCUT2D eigenvalue weighted by atomic mass is 32.2. The van der Waals surface area contributed by atoms with Gasteiger partial charge in [0.2, 0.25) is 0 Å². The molecule has 1 aromatic heterocycles. The average molecular weight is 338 g/mol. The van der Waals surface area contributed by atoms with Crippen molar-refractivity contribution in [2.75, 3.05) is 6.26 Å². The predicted molar refractivity (Wildman–Crippen MR) is 94.6 cm³/mol. The number of aromatic nitrogens is 2. The molecule has 0 radical (unpaired) electrons. The van der Waals surface area contributed by atoms with E-state index in [-0.39, 0.29) is 0 Å². The molecule has 0 saturated heterocycles. The molecule has 24 heavy (non-hydrogen) atoms. The molecule has 0 spiro atoms. The van der Waals surface area contributed by atoms with Gasteiger partial charge in [-0.3, -0.25) is 4.68 Å². The van der Waals surface area contributed by atoms with Crippen LogP contribution in [0.4, 0.5) is 0 Å². The Bertz CT molecular complexity index is 1030. The molecule has 4 rings (SSSR count). The van der Waals surface area contributed by atoms with Crippen LogP contribution in [0.5, 0.6) is 0 Å². The predicted octanol–water partition coefficient (Wildman–Crippen LogP) is 3.26. The molecule has 4 nitrogen and oxygen atoms in total. The Kier molecular flexibility index (Phi) is 3.35. The highest BCUT2D eigenvalue weighted by Gasteiger charge is 2.24. The summed E-state index contributed by atoms with van der Waals surface area (Å²) in [5.41, 5.74) is 6.87. The Hall–Kier alpha value is -2.40. The van der Waals surface area contributed by atoms with Gasteiger partial charge in [-0.15, -0.1) is 0 Å². The Morgan fingerprint density at radius 2 is 1.71 bits per heavy atom. The van der Waals surface area contributed by atoms with Crippen molar-refractivity contribution >= 4 is 9.84 Å². The molecule has 122 valence electrons. The molecule has 0 fully saturated rings. The first-order valence-corrected chi connectivity index (χ1v) is 9.79. The summed E-state index contributed by atoms with van der Waals surface area (Å²) >= 11 is 0. The molecule has 0 amide bonds. The fourth-order valence-corrected chi connectivity index (χ4v) is 4.09. The third-order valence-corrected chi connectivity index (χ3v) is 5.72. The van der Waals surface area contributed by atoms with Crippen molar-refractivity contribution in [3.05, 3.63) is 59.8 Å². The third-order valence-electron chi connectivity index (χ3n) is 4.59. The van der Waals surface area contributed by atoms with Gasteiger partial charge in [0.15, 0.2) is 9.84 Å². The van der Waals surface area contributed by atoms with E-state index in [1.165, 1.54) is 22.9 Å². The van der Waals surface area contributed by atoms with Crippen LogP contribution in [0.1, 0.15) is 11.3 Å². The molecular weight excluding hydrogens is 320 g/mol. The lowest BCUT2D eigenvalue weighted by molar-refractivity contribution is 0.602. The number of nitrogens with zero attached hydrogens (tertiary/aromatic N) is 2. The van der Waals surface area contributed by atoms with Crippen LogP contribution in [0.15, 0.2) is 53.4 Å². The summed E-state index contributed by atoms with van der Waals surface area (Å²) in [4.78, 5) is 0.336. The van der Waals surface area contributed by atoms with Crippen molar-refractivity contribution in [3.8, 4) is 22.4 Å². The van der Waals surface area contributed by atoms with E-state index in [1.807, 2.05) is 23.9 Å². The molecule has 5 heteroatoms. The maximum atomic E-state index is 11.7. The van der Waals surface area contributed by atoms with Crippen LogP contribution in [-0.2, 0) is 29.7 Å². The number of hydrogen-bond acceptors (Lipinski definition) is 3. The van der Waals surface area contributed by atoms with Gasteiger partial charge in [0.05, 0.1) is 16.3 Å². The monoisotopic (exact) mass is 338 g/mol. The van der Waals surface area contributed by atoms with Crippen LogP contribution >= 0.6 is 0 Å². The quantitative estimate of drug-likeness (QED) is 0.721. The van der Waals surface area contributed by atoms with E-state index in [4.69, 9.17) is 5.10 Å². The van der Waals surface area contributed by atoms with Gasteiger partial charge in [-0.2, -0.15) is 5.10 Å². The lowest BCUT2D eigenvalue weighted by atomic mass is 9.87. The van der Waals surface area contributed by atoms with E-state index in [0.29, 0.717) is 4.90 Å². The molecule has 0 saturated carbocycles. The van der Waals surface area contributed by atoms with Crippen LogP contribution in [-0.4, -0.2) is 24.5 Å². The van der Waals surface area contributed by atoms with Gasteiger partial charge in [0, 0.05) is 24.4 Å². The number of hydrogen-bond donors (Lipinski definition) is 0. The van der Waals surface area contributed by atoms with E-state index >= 15 is 0 Å². The first-order valence-electron chi connectivity index (χ1n) is 7.90. The highest BCUT2D eigenvalue weighted by molar-refractivity contribution is 7.90. The number of rotatable bonds is 2. The molecule has 0 N–H and O–H groups in total. The van der Waals surface area contributed by atoms with E-state index < -0.39 is 9.84 Å². The maximum Gasteiger partial charge on any atom is 0.175 e. The summed E-state index contributed by atoms with van der Waals surface area (Å²) in [7, 11) is -1.24. The fraction of sp³-hybridized carbons (Fsp3) is 0.211. The zero-order valence-electron chi connectivity index (χ0n) is 13.7. The van der Waals surface area contributed by atoms with Crippen molar-refractivity contribution in [1.29, 1.82) is 0 Å². The van der Waals surface area contributed by atoms with Gasteiger partial charge in [0.1, 0.15) is 0 Å². The largest absolute Gasteiger partial charge is 0.267 e. The molecule has 0 atom stereocenters. The number of fused-ring (bicyclic) bond motifs is 3. The van der Waals surface area contributed by atoms with Gasteiger partial charge in [0.25, 0.3) is 0 Å². The van der Waals surface area contributed by atoms with Crippen molar-refractivity contribution in [1.82, 2.24) is 9.78 Å². The van der Waals surface area contributed by atoms with Crippen LogP contribution in [0, 0.1) is 0 Å². The van der Waals surface area contributed by atoms with E-state index in [2.05, 4.69) is 24.3 Å². The smallest absolute Gasteiger partial charge is 0.175 e. The first-order chi connectivity index (χ1) is 11.4. The lowest BCUT2D eigenvalue weighted by Crippen LogP contribution is -2.03. The summed E-state index contributed by atoms with van der Waals surface area (Å²) in [6.45, 7) is 0. The molecule has 0 aliphatic heterocycles.